The molecule has 7 nitrogen and oxygen atoms in total. The third-order valence-electron chi connectivity index (χ3n) is 4.61. The number of thioether (sulfide) groups is 1. The summed E-state index contributed by atoms with van der Waals surface area (Å²) in [6.07, 6.45) is 0. The fraction of sp³-hybridized carbons (Fsp3) is 0.0909. The number of anilines is 1. The van der Waals surface area contributed by atoms with Gasteiger partial charge in [0.25, 0.3) is 5.56 Å². The molecule has 1 amide bonds. The zero-order valence-electron chi connectivity index (χ0n) is 16.8. The molecule has 160 valence electrons. The number of nitrogens with zero attached hydrogens (tertiary/aromatic N) is 3. The Kier molecular flexibility index (Phi) is 5.64. The van der Waals surface area contributed by atoms with Gasteiger partial charge in [-0.25, -0.2) is 4.98 Å². The minimum Gasteiger partial charge on any atom is -0.360 e. The lowest BCUT2D eigenvalue weighted by molar-refractivity contribution is -0.113. The normalized spacial score (nSPS) is 11.2. The molecule has 0 radical (unpaired) electrons. The standard InChI is InChI=1S/C22H16N4O3S3/c1-13-10-17(25-29-13)23-18(27)12-32-22-24-20-19(15(11-31-20)16-8-5-9-30-16)21(28)26(22)14-6-3-2-4-7-14/h2-11H,12H2,1H3,(H,23,25,27). The fourth-order valence-electron chi connectivity index (χ4n) is 3.22. The number of hydrogen-bond donors (Lipinski definition) is 1. The van der Waals surface area contributed by atoms with E-state index in [1.54, 1.807) is 28.9 Å². The molecular weight excluding hydrogens is 464 g/mol. The van der Waals surface area contributed by atoms with Crippen LogP contribution in [0.2, 0.25) is 0 Å². The Labute approximate surface area is 194 Å². The molecule has 0 spiro atoms. The highest BCUT2D eigenvalue weighted by molar-refractivity contribution is 7.99. The minimum absolute atomic E-state index is 0.0693. The molecule has 0 fully saturated rings. The molecule has 0 aliphatic heterocycles. The quantitative estimate of drug-likeness (QED) is 0.265. The van der Waals surface area contributed by atoms with E-state index in [1.807, 2.05) is 53.2 Å². The Hall–Kier alpha value is -3.21. The van der Waals surface area contributed by atoms with Gasteiger partial charge in [0.15, 0.2) is 11.0 Å². The van der Waals surface area contributed by atoms with Gasteiger partial charge < -0.3 is 9.84 Å². The highest BCUT2D eigenvalue weighted by Crippen LogP contribution is 2.35. The zero-order chi connectivity index (χ0) is 22.1. The van der Waals surface area contributed by atoms with E-state index < -0.39 is 0 Å². The van der Waals surface area contributed by atoms with Crippen LogP contribution < -0.4 is 10.9 Å². The van der Waals surface area contributed by atoms with Gasteiger partial charge in [0.1, 0.15) is 10.6 Å². The van der Waals surface area contributed by atoms with E-state index in [4.69, 9.17) is 9.51 Å². The van der Waals surface area contributed by atoms with E-state index in [0.29, 0.717) is 32.6 Å². The lowest BCUT2D eigenvalue weighted by Gasteiger charge is -2.12. The Bertz CT molecular complexity index is 1450. The third kappa shape index (κ3) is 3.99. The summed E-state index contributed by atoms with van der Waals surface area (Å²) in [6.45, 7) is 1.75. The van der Waals surface area contributed by atoms with Crippen molar-refractivity contribution in [2.24, 2.45) is 0 Å². The van der Waals surface area contributed by atoms with Crippen LogP contribution in [0.1, 0.15) is 5.76 Å². The highest BCUT2D eigenvalue weighted by Gasteiger charge is 2.20. The van der Waals surface area contributed by atoms with Crippen LogP contribution in [0.25, 0.3) is 26.3 Å². The maximum Gasteiger partial charge on any atom is 0.268 e. The van der Waals surface area contributed by atoms with E-state index in [1.165, 1.54) is 23.1 Å². The number of fused-ring (bicyclic) bond motifs is 1. The number of nitrogens with one attached hydrogen (secondary N) is 1. The second-order valence-corrected chi connectivity index (χ2v) is 9.59. The van der Waals surface area contributed by atoms with Crippen molar-refractivity contribution in [1.29, 1.82) is 0 Å². The van der Waals surface area contributed by atoms with Crippen LogP contribution in [0, 0.1) is 6.92 Å². The van der Waals surface area contributed by atoms with Gasteiger partial charge in [0, 0.05) is 21.9 Å². The highest BCUT2D eigenvalue weighted by atomic mass is 32.2. The van der Waals surface area contributed by atoms with Gasteiger partial charge in [-0.2, -0.15) is 0 Å². The first-order valence-corrected chi connectivity index (χ1v) is 12.3. The summed E-state index contributed by atoms with van der Waals surface area (Å²) in [4.78, 5) is 32.5. The van der Waals surface area contributed by atoms with E-state index in [0.717, 1.165) is 10.4 Å². The molecule has 0 saturated carbocycles. The number of benzene rings is 1. The lowest BCUT2D eigenvalue weighted by Crippen LogP contribution is -2.22. The monoisotopic (exact) mass is 480 g/mol. The molecule has 10 heteroatoms. The Balaban J connectivity index is 1.54. The van der Waals surface area contributed by atoms with Crippen molar-refractivity contribution < 1.29 is 9.32 Å². The zero-order valence-corrected chi connectivity index (χ0v) is 19.2. The van der Waals surface area contributed by atoms with Crippen molar-refractivity contribution in [1.82, 2.24) is 14.7 Å². The molecule has 32 heavy (non-hydrogen) atoms. The number of carbonyl (C=O) groups excluding carboxylic acids is 1. The number of aryl methyl sites for hydroxylation is 1. The molecule has 4 heterocycles. The summed E-state index contributed by atoms with van der Waals surface area (Å²) < 4.78 is 6.55. The molecule has 0 unspecified atom stereocenters. The van der Waals surface area contributed by atoms with E-state index in [2.05, 4.69) is 10.5 Å². The number of para-hydroxylation sites is 1. The third-order valence-corrected chi connectivity index (χ3v) is 7.32. The predicted octanol–water partition coefficient (Wildman–Crippen LogP) is 5.20. The van der Waals surface area contributed by atoms with Crippen molar-refractivity contribution in [2.45, 2.75) is 12.1 Å². The summed E-state index contributed by atoms with van der Waals surface area (Å²) in [5.41, 5.74) is 1.43. The Morgan fingerprint density at radius 2 is 2.03 bits per heavy atom. The number of amides is 1. The van der Waals surface area contributed by atoms with Crippen LogP contribution in [0.15, 0.2) is 73.8 Å². The molecule has 1 aromatic carbocycles. The molecule has 0 aliphatic carbocycles. The van der Waals surface area contributed by atoms with Gasteiger partial charge in [-0.3, -0.25) is 14.2 Å². The van der Waals surface area contributed by atoms with Crippen molar-refractivity contribution in [2.75, 3.05) is 11.1 Å². The van der Waals surface area contributed by atoms with Crippen molar-refractivity contribution in [3.63, 3.8) is 0 Å². The molecule has 5 rings (SSSR count). The summed E-state index contributed by atoms with van der Waals surface area (Å²) in [5, 5.41) is 11.5. The second kappa shape index (κ2) is 8.73. The molecule has 0 bridgehead atoms. The Morgan fingerprint density at radius 1 is 1.19 bits per heavy atom. The first kappa shape index (κ1) is 20.7. The number of rotatable bonds is 6. The van der Waals surface area contributed by atoms with Gasteiger partial charge in [-0.05, 0) is 30.5 Å². The van der Waals surface area contributed by atoms with Gasteiger partial charge in [0.2, 0.25) is 5.91 Å². The van der Waals surface area contributed by atoms with Crippen LogP contribution in [0.5, 0.6) is 0 Å². The van der Waals surface area contributed by atoms with Crippen LogP contribution >= 0.6 is 34.4 Å². The van der Waals surface area contributed by atoms with Gasteiger partial charge >= 0.3 is 0 Å². The topological polar surface area (TPSA) is 90.0 Å². The van der Waals surface area contributed by atoms with Crippen molar-refractivity contribution >= 4 is 56.4 Å². The second-order valence-electron chi connectivity index (χ2n) is 6.84. The molecule has 4 aromatic heterocycles. The largest absolute Gasteiger partial charge is 0.360 e. The van der Waals surface area contributed by atoms with Crippen LogP contribution in [0.3, 0.4) is 0 Å². The predicted molar refractivity (Wildman–Crippen MR) is 129 cm³/mol. The van der Waals surface area contributed by atoms with Gasteiger partial charge in [-0.15, -0.1) is 22.7 Å². The summed E-state index contributed by atoms with van der Waals surface area (Å²) in [5.74, 6) is 0.774. The summed E-state index contributed by atoms with van der Waals surface area (Å²) >= 11 is 4.22. The summed E-state index contributed by atoms with van der Waals surface area (Å²) in [7, 11) is 0. The maximum absolute atomic E-state index is 13.7. The molecular formula is C22H16N4O3S3. The van der Waals surface area contributed by atoms with Gasteiger partial charge in [-0.1, -0.05) is 41.2 Å². The van der Waals surface area contributed by atoms with Crippen molar-refractivity contribution in [3.8, 4) is 16.1 Å². The van der Waals surface area contributed by atoms with E-state index in [-0.39, 0.29) is 17.2 Å². The first-order chi connectivity index (χ1) is 15.6. The molecule has 0 saturated heterocycles. The number of thiophene rings is 2. The number of hydrogen-bond acceptors (Lipinski definition) is 8. The minimum atomic E-state index is -0.261. The average Bonchev–Trinajstić information content (AvgIpc) is 3.54. The molecule has 0 aliphatic rings. The molecule has 5 aromatic rings. The van der Waals surface area contributed by atoms with E-state index >= 15 is 0 Å². The van der Waals surface area contributed by atoms with Crippen LogP contribution in [-0.2, 0) is 4.79 Å². The molecule has 1 N–H and O–H groups in total. The average molecular weight is 481 g/mol. The maximum atomic E-state index is 13.7. The molecule has 0 atom stereocenters. The number of carbonyl (C=O) groups is 1. The van der Waals surface area contributed by atoms with Gasteiger partial charge in [0.05, 0.1) is 16.8 Å². The van der Waals surface area contributed by atoms with E-state index in [9.17, 15) is 9.59 Å². The number of aromatic nitrogens is 3. The van der Waals surface area contributed by atoms with Crippen LogP contribution in [0.4, 0.5) is 5.82 Å². The smallest absolute Gasteiger partial charge is 0.268 e. The summed E-state index contributed by atoms with van der Waals surface area (Å²) in [6, 6.07) is 14.9. The fourth-order valence-corrected chi connectivity index (χ4v) is 5.84. The van der Waals surface area contributed by atoms with Crippen LogP contribution in [-0.4, -0.2) is 26.4 Å². The first-order valence-electron chi connectivity index (χ1n) is 9.59. The lowest BCUT2D eigenvalue weighted by atomic mass is 10.2. The van der Waals surface area contributed by atoms with Crippen molar-refractivity contribution in [3.05, 3.63) is 75.4 Å². The SMILES string of the molecule is Cc1cc(NC(=O)CSc2nc3scc(-c4cccs4)c3c(=O)n2-c2ccccc2)no1. The Morgan fingerprint density at radius 3 is 2.75 bits per heavy atom.